The Balaban J connectivity index is 0.000000630. The number of esters is 1. The van der Waals surface area contributed by atoms with Crippen molar-refractivity contribution in [2.45, 2.75) is 53.8 Å². The average Bonchev–Trinajstić information content (AvgIpc) is 3.73. The zero-order valence-electron chi connectivity index (χ0n) is 29.2. The smallest absolute Gasteiger partial charge is 0.418 e. The lowest BCUT2D eigenvalue weighted by Crippen LogP contribution is -2.26. The van der Waals surface area contributed by atoms with Gasteiger partial charge in [-0.3, -0.25) is 14.2 Å². The van der Waals surface area contributed by atoms with E-state index in [0.29, 0.717) is 51.7 Å². The van der Waals surface area contributed by atoms with Crippen molar-refractivity contribution in [2.75, 3.05) is 19.0 Å². The zero-order valence-corrected chi connectivity index (χ0v) is 30.0. The summed E-state index contributed by atoms with van der Waals surface area (Å²) in [6.07, 6.45) is 1.89. The summed E-state index contributed by atoms with van der Waals surface area (Å²) in [5.41, 5.74) is 5.19. The Bertz CT molecular complexity index is 2070. The van der Waals surface area contributed by atoms with Crippen molar-refractivity contribution >= 4 is 52.3 Å². The molecule has 0 saturated heterocycles. The Morgan fingerprint density at radius 3 is 2.44 bits per heavy atom. The molecule has 5 aromatic rings. The third kappa shape index (κ3) is 8.06. The summed E-state index contributed by atoms with van der Waals surface area (Å²) in [4.78, 5) is 50.2. The Labute approximate surface area is 295 Å². The normalized spacial score (nSPS) is 11.8. The molecule has 11 heteroatoms. The largest absolute Gasteiger partial charge is 0.488 e. The summed E-state index contributed by atoms with van der Waals surface area (Å²) < 4.78 is 18.1. The number of carbonyl (C=O) groups is 4. The van der Waals surface area contributed by atoms with Crippen molar-refractivity contribution in [2.24, 2.45) is 5.92 Å². The van der Waals surface area contributed by atoms with E-state index in [1.54, 1.807) is 47.9 Å². The van der Waals surface area contributed by atoms with Gasteiger partial charge < -0.3 is 24.8 Å². The monoisotopic (exact) mass is 695 g/mol. The number of aryl methyl sites for hydroxylation is 1. The number of hydrogen-bond donors (Lipinski definition) is 2. The van der Waals surface area contributed by atoms with Gasteiger partial charge in [0.05, 0.1) is 18.2 Å². The van der Waals surface area contributed by atoms with Crippen molar-refractivity contribution < 1.29 is 33.4 Å². The highest BCUT2D eigenvalue weighted by atomic mass is 32.1. The number of hydrogen-bond acceptors (Lipinski definition) is 8. The van der Waals surface area contributed by atoms with E-state index in [0.717, 1.165) is 39.9 Å². The highest BCUT2D eigenvalue weighted by molar-refractivity contribution is 7.13. The van der Waals surface area contributed by atoms with Crippen LogP contribution in [0.15, 0.2) is 72.2 Å². The average molecular weight is 696 g/mol. The Kier molecular flexibility index (Phi) is 10.8. The fourth-order valence-electron chi connectivity index (χ4n) is 5.47. The van der Waals surface area contributed by atoms with Crippen molar-refractivity contribution in [3.8, 4) is 27.3 Å². The number of nitrogens with zero attached hydrogens (tertiary/aromatic N) is 1. The van der Waals surface area contributed by atoms with E-state index in [-0.39, 0.29) is 5.91 Å². The first-order valence-electron chi connectivity index (χ1n) is 16.2. The van der Waals surface area contributed by atoms with Gasteiger partial charge in [0.25, 0.3) is 5.91 Å². The van der Waals surface area contributed by atoms with Crippen LogP contribution in [0.5, 0.6) is 5.75 Å². The molecule has 10 nitrogen and oxygen atoms in total. The molecule has 0 fully saturated rings. The maximum absolute atomic E-state index is 14.0. The number of benzene rings is 3. The minimum Gasteiger partial charge on any atom is -0.488 e. The number of nitrogens with one attached hydrogen (secondary N) is 2. The molecular formula is C39H41N3O7S. The predicted octanol–water partition coefficient (Wildman–Crippen LogP) is 8.45. The molecule has 0 radical (unpaired) electrons. The van der Waals surface area contributed by atoms with Crippen LogP contribution in [0.2, 0.25) is 0 Å². The Morgan fingerprint density at radius 1 is 0.980 bits per heavy atom. The molecule has 0 atom stereocenters. The maximum Gasteiger partial charge on any atom is 0.418 e. The molecule has 3 heterocycles. The minimum absolute atomic E-state index is 0.356. The van der Waals surface area contributed by atoms with Gasteiger partial charge in [0, 0.05) is 45.4 Å². The van der Waals surface area contributed by atoms with E-state index in [2.05, 4.69) is 24.5 Å². The van der Waals surface area contributed by atoms with Gasteiger partial charge >= 0.3 is 12.1 Å². The standard InChI is InChI=1S/C34H30N2O6S.C5H11NO/c1-19-6-8-23(26(14-19)32(38)40-5)24-17-29-27(30-21(18-41-29)11-13-43-30)16-25(24)31(37)35-22-7-9-28-20(15-22)10-12-36(28)33(39)42-34(2,3)4;1-5(2)3-6-4-7/h6-17H,18H2,1-5H3,(H,35,37);4-5H,3H2,1-2H3,(H,6,7). The number of aromatic nitrogens is 1. The topological polar surface area (TPSA) is 125 Å². The van der Waals surface area contributed by atoms with E-state index in [4.69, 9.17) is 14.2 Å². The van der Waals surface area contributed by atoms with Gasteiger partial charge in [0.15, 0.2) is 0 Å². The molecule has 0 unspecified atom stereocenters. The van der Waals surface area contributed by atoms with E-state index in [1.165, 1.54) is 11.7 Å². The van der Waals surface area contributed by atoms with Crippen LogP contribution < -0.4 is 15.4 Å². The van der Waals surface area contributed by atoms with Crippen molar-refractivity contribution in [3.05, 3.63) is 94.5 Å². The maximum atomic E-state index is 14.0. The van der Waals surface area contributed by atoms with Gasteiger partial charge in [0.2, 0.25) is 6.41 Å². The number of fused-ring (bicyclic) bond motifs is 4. The van der Waals surface area contributed by atoms with E-state index < -0.39 is 17.7 Å². The summed E-state index contributed by atoms with van der Waals surface area (Å²) in [5, 5.41) is 8.35. The molecule has 260 valence electrons. The molecule has 2 aromatic heterocycles. The van der Waals surface area contributed by atoms with E-state index >= 15 is 0 Å². The van der Waals surface area contributed by atoms with Crippen LogP contribution in [0.1, 0.15) is 66.5 Å². The molecule has 1 aliphatic heterocycles. The summed E-state index contributed by atoms with van der Waals surface area (Å²) in [7, 11) is 1.34. The molecule has 0 spiro atoms. The second kappa shape index (κ2) is 15.0. The first kappa shape index (κ1) is 35.9. The second-order valence-electron chi connectivity index (χ2n) is 13.3. The van der Waals surface area contributed by atoms with Gasteiger partial charge in [-0.1, -0.05) is 31.5 Å². The van der Waals surface area contributed by atoms with Crippen LogP contribution in [-0.2, 0) is 20.9 Å². The highest BCUT2D eigenvalue weighted by Gasteiger charge is 2.26. The molecule has 3 aromatic carbocycles. The van der Waals surface area contributed by atoms with Gasteiger partial charge in [-0.25, -0.2) is 9.59 Å². The van der Waals surface area contributed by atoms with Crippen LogP contribution in [0.4, 0.5) is 10.5 Å². The molecule has 0 aliphatic carbocycles. The zero-order chi connectivity index (χ0) is 36.2. The number of amides is 2. The van der Waals surface area contributed by atoms with Gasteiger partial charge in [-0.15, -0.1) is 11.3 Å². The molecule has 0 bridgehead atoms. The van der Waals surface area contributed by atoms with Gasteiger partial charge in [-0.2, -0.15) is 0 Å². The quantitative estimate of drug-likeness (QED) is 0.129. The Hall–Kier alpha value is -5.42. The number of ether oxygens (including phenoxy) is 3. The molecule has 1 aliphatic rings. The van der Waals surface area contributed by atoms with Gasteiger partial charge in [0.1, 0.15) is 18.0 Å². The number of thiophene rings is 1. The van der Waals surface area contributed by atoms with Crippen LogP contribution in [0.3, 0.4) is 0 Å². The van der Waals surface area contributed by atoms with Crippen LogP contribution in [0.25, 0.3) is 32.5 Å². The molecular weight excluding hydrogens is 655 g/mol. The third-order valence-electron chi connectivity index (χ3n) is 7.76. The summed E-state index contributed by atoms with van der Waals surface area (Å²) >= 11 is 1.59. The van der Waals surface area contributed by atoms with Crippen molar-refractivity contribution in [1.29, 1.82) is 0 Å². The Morgan fingerprint density at radius 2 is 1.76 bits per heavy atom. The molecule has 6 rings (SSSR count). The summed E-state index contributed by atoms with van der Waals surface area (Å²) in [6.45, 7) is 12.7. The first-order chi connectivity index (χ1) is 23.8. The fourth-order valence-corrected chi connectivity index (χ4v) is 6.41. The number of rotatable bonds is 7. The lowest BCUT2D eigenvalue weighted by Gasteiger charge is -2.22. The molecule has 2 N–H and O–H groups in total. The molecule has 50 heavy (non-hydrogen) atoms. The van der Waals surface area contributed by atoms with Crippen molar-refractivity contribution in [1.82, 2.24) is 9.88 Å². The lowest BCUT2D eigenvalue weighted by molar-refractivity contribution is -0.109. The molecule has 0 saturated carbocycles. The second-order valence-corrected chi connectivity index (χ2v) is 14.2. The third-order valence-corrected chi connectivity index (χ3v) is 8.75. The van der Waals surface area contributed by atoms with Gasteiger partial charge in [-0.05, 0) is 98.7 Å². The number of anilines is 1. The first-order valence-corrected chi connectivity index (χ1v) is 17.1. The van der Waals surface area contributed by atoms with E-state index in [9.17, 15) is 19.2 Å². The van der Waals surface area contributed by atoms with Crippen LogP contribution in [0, 0.1) is 12.8 Å². The molecule has 2 amide bonds. The van der Waals surface area contributed by atoms with E-state index in [1.807, 2.05) is 63.4 Å². The fraction of sp³-hybridized carbons (Fsp3) is 0.282. The van der Waals surface area contributed by atoms with Crippen LogP contribution in [-0.4, -0.2) is 48.2 Å². The van der Waals surface area contributed by atoms with Crippen molar-refractivity contribution in [3.63, 3.8) is 0 Å². The number of methoxy groups -OCH3 is 1. The number of carbonyl (C=O) groups excluding carboxylic acids is 4. The predicted molar refractivity (Wildman–Crippen MR) is 196 cm³/mol. The van der Waals surface area contributed by atoms with Crippen LogP contribution >= 0.6 is 11.3 Å². The highest BCUT2D eigenvalue weighted by Crippen LogP contribution is 2.45. The summed E-state index contributed by atoms with van der Waals surface area (Å²) in [6, 6.07) is 18.3. The minimum atomic E-state index is -0.631. The lowest BCUT2D eigenvalue weighted by atomic mass is 9.90. The SMILES string of the molecule is CC(C)CNC=O.COC(=O)c1cc(C)ccc1-c1cc2c(cc1C(=O)Nc1ccc3c(ccn3C(=O)OC(C)(C)C)c1)-c1sccc1CO2. The summed E-state index contributed by atoms with van der Waals surface area (Å²) in [5.74, 6) is 0.348.